The van der Waals surface area contributed by atoms with Gasteiger partial charge in [0, 0.05) is 24.6 Å². The first-order chi connectivity index (χ1) is 14.8. The lowest BCUT2D eigenvalue weighted by atomic mass is 9.50. The van der Waals surface area contributed by atoms with Gasteiger partial charge in [-0.25, -0.2) is 0 Å². The summed E-state index contributed by atoms with van der Waals surface area (Å²) in [6, 6.07) is 0.218. The Morgan fingerprint density at radius 1 is 1.10 bits per heavy atom. The fourth-order valence-electron chi connectivity index (χ4n) is 6.45. The molecule has 4 heteroatoms. The Morgan fingerprint density at radius 2 is 1.77 bits per heavy atom. The summed E-state index contributed by atoms with van der Waals surface area (Å²) in [5.41, 5.74) is 3.60. The van der Waals surface area contributed by atoms with Crippen LogP contribution in [0.3, 0.4) is 0 Å². The Balaban J connectivity index is 1.74. The van der Waals surface area contributed by atoms with E-state index in [-0.39, 0.29) is 23.0 Å². The van der Waals surface area contributed by atoms with E-state index in [0.717, 1.165) is 31.4 Å². The molecule has 5 unspecified atom stereocenters. The maximum absolute atomic E-state index is 9.14. The van der Waals surface area contributed by atoms with Gasteiger partial charge in [0.05, 0.1) is 17.9 Å². The van der Waals surface area contributed by atoms with Crippen LogP contribution in [0.5, 0.6) is 0 Å². The predicted octanol–water partition coefficient (Wildman–Crippen LogP) is 6.07. The molecule has 0 amide bonds. The van der Waals surface area contributed by atoms with Crippen LogP contribution in [0.1, 0.15) is 60.3 Å². The van der Waals surface area contributed by atoms with Gasteiger partial charge in [-0.1, -0.05) is 64.2 Å². The molecule has 5 atom stereocenters. The first-order valence-electron chi connectivity index (χ1n) is 11.9. The van der Waals surface area contributed by atoms with Crippen LogP contribution >= 0.6 is 0 Å². The summed E-state index contributed by atoms with van der Waals surface area (Å²) in [7, 11) is 2.15. The van der Waals surface area contributed by atoms with Crippen LogP contribution in [0.4, 0.5) is 0 Å². The molecule has 2 heterocycles. The van der Waals surface area contributed by atoms with Gasteiger partial charge in [0.25, 0.3) is 0 Å². The highest BCUT2D eigenvalue weighted by atomic mass is 15.5. The molecule has 1 N–H and O–H groups in total. The number of rotatable bonds is 4. The number of likely N-dealkylation sites (N-methyl/N-ethyl adjacent to an activating group) is 1. The number of nitrogens with one attached hydrogen (secondary N) is 1. The van der Waals surface area contributed by atoms with Gasteiger partial charge in [-0.15, -0.1) is 0 Å². The largest absolute Gasteiger partial charge is 0.349 e. The fraction of sp³-hybridized carbons (Fsp3) is 0.556. The van der Waals surface area contributed by atoms with Crippen molar-refractivity contribution in [1.29, 1.82) is 5.41 Å². The van der Waals surface area contributed by atoms with Crippen molar-refractivity contribution in [2.24, 2.45) is 21.7 Å². The monoisotopic (exact) mass is 418 g/mol. The van der Waals surface area contributed by atoms with E-state index in [1.54, 1.807) is 0 Å². The van der Waals surface area contributed by atoms with Crippen molar-refractivity contribution in [2.45, 2.75) is 72.5 Å². The third-order valence-electron chi connectivity index (χ3n) is 8.86. The highest BCUT2D eigenvalue weighted by Gasteiger charge is 2.64. The summed E-state index contributed by atoms with van der Waals surface area (Å²) in [6.45, 7) is 11.7. The van der Waals surface area contributed by atoms with Crippen LogP contribution in [0, 0.1) is 22.2 Å². The molecule has 4 rings (SSSR count). The predicted molar refractivity (Wildman–Crippen MR) is 131 cm³/mol. The van der Waals surface area contributed by atoms with Crippen LogP contribution in [-0.2, 0) is 0 Å². The highest BCUT2D eigenvalue weighted by molar-refractivity contribution is 5.98. The molecule has 0 spiro atoms. The Hall–Kier alpha value is -2.36. The molecule has 2 saturated heterocycles. The Morgan fingerprint density at radius 3 is 2.45 bits per heavy atom. The van der Waals surface area contributed by atoms with Crippen LogP contribution in [0.25, 0.3) is 0 Å². The quantitative estimate of drug-likeness (QED) is 0.563. The highest BCUT2D eigenvalue weighted by Crippen LogP contribution is 2.61. The maximum Gasteiger partial charge on any atom is 0.148 e. The minimum absolute atomic E-state index is 0.0456. The Bertz CT molecular complexity index is 933. The van der Waals surface area contributed by atoms with Gasteiger partial charge >= 0.3 is 0 Å². The number of allylic oxidation sites excluding steroid dienone is 6. The topological polar surface area (TPSA) is 42.7 Å². The lowest BCUT2D eigenvalue weighted by molar-refractivity contribution is -0.137. The van der Waals surface area contributed by atoms with Gasteiger partial charge in [0.2, 0.25) is 0 Å². The zero-order valence-corrected chi connectivity index (χ0v) is 20.0. The summed E-state index contributed by atoms with van der Waals surface area (Å²) >= 11 is 0. The number of hydrogen-bond donors (Lipinski definition) is 1. The molecule has 2 fully saturated rings. The number of nitrogens with zero attached hydrogens (tertiary/aromatic N) is 3. The fourth-order valence-corrected chi connectivity index (χ4v) is 6.45. The molecule has 0 aromatic rings. The van der Waals surface area contributed by atoms with Gasteiger partial charge in [0.15, 0.2) is 0 Å². The first-order valence-corrected chi connectivity index (χ1v) is 11.9. The van der Waals surface area contributed by atoms with Gasteiger partial charge in [-0.2, -0.15) is 0 Å². The standard InChI is InChI=1S/C27H38N4/c1-7-26(4)21-15-11-12-16-22(21)31-24(28)23(30(6)25(31)27(26,5)8-2)18-29-17-20-14-10-9-13-19(20)3/h11-18,21-22,25,28H,7-10H2,1-6H3/b23-18+,28-24?,29-17?. The normalized spacial score (nSPS) is 38.6. The Kier molecular flexibility index (Phi) is 5.61. The van der Waals surface area contributed by atoms with E-state index in [1.807, 2.05) is 12.4 Å². The number of fused-ring (bicyclic) bond motifs is 3. The molecule has 0 bridgehead atoms. The molecule has 2 aliphatic heterocycles. The van der Waals surface area contributed by atoms with Gasteiger partial charge in [-0.3, -0.25) is 10.4 Å². The van der Waals surface area contributed by atoms with E-state index in [4.69, 9.17) is 5.41 Å². The summed E-state index contributed by atoms with van der Waals surface area (Å²) in [6.07, 6.45) is 22.0. The van der Waals surface area contributed by atoms with Crippen molar-refractivity contribution in [3.8, 4) is 0 Å². The van der Waals surface area contributed by atoms with Gasteiger partial charge in [0.1, 0.15) is 12.0 Å². The summed E-state index contributed by atoms with van der Waals surface area (Å²) < 4.78 is 0. The van der Waals surface area contributed by atoms with Crippen molar-refractivity contribution in [3.05, 3.63) is 59.5 Å². The number of aliphatic imine (C=N–C) groups is 1. The zero-order valence-electron chi connectivity index (χ0n) is 20.0. The number of amidine groups is 1. The molecule has 31 heavy (non-hydrogen) atoms. The third-order valence-corrected chi connectivity index (χ3v) is 8.86. The summed E-state index contributed by atoms with van der Waals surface area (Å²) in [5.74, 6) is 1.00. The zero-order chi connectivity index (χ0) is 22.4. The van der Waals surface area contributed by atoms with Gasteiger partial charge in [-0.05, 0) is 49.2 Å². The second-order valence-corrected chi connectivity index (χ2v) is 9.99. The molecule has 4 aliphatic rings. The molecule has 0 radical (unpaired) electrons. The van der Waals surface area contributed by atoms with E-state index < -0.39 is 0 Å². The second-order valence-electron chi connectivity index (χ2n) is 9.99. The van der Waals surface area contributed by atoms with Crippen LogP contribution in [0.2, 0.25) is 0 Å². The van der Waals surface area contributed by atoms with Gasteiger partial charge < -0.3 is 9.80 Å². The SMILES string of the molecule is CCC1(C)C2C=CC=CC2N2C(=N)/C(=C\N=CC3=CCCC=C3C)N(C)C2C1(C)CC. The van der Waals surface area contributed by atoms with E-state index in [1.165, 1.54) is 11.1 Å². The molecule has 166 valence electrons. The molecule has 4 nitrogen and oxygen atoms in total. The molecule has 0 aromatic heterocycles. The van der Waals surface area contributed by atoms with Crippen molar-refractivity contribution >= 4 is 12.1 Å². The average Bonchev–Trinajstić information content (AvgIpc) is 3.04. The van der Waals surface area contributed by atoms with E-state index in [2.05, 4.69) is 92.9 Å². The average molecular weight is 419 g/mol. The van der Waals surface area contributed by atoms with E-state index >= 15 is 0 Å². The van der Waals surface area contributed by atoms with Crippen molar-refractivity contribution in [1.82, 2.24) is 9.80 Å². The van der Waals surface area contributed by atoms with Crippen LogP contribution in [0.15, 0.2) is 64.5 Å². The minimum atomic E-state index is 0.0456. The molecule has 0 saturated carbocycles. The molecule has 0 aromatic carbocycles. The summed E-state index contributed by atoms with van der Waals surface area (Å²) in [5, 5.41) is 9.14. The molecule has 2 aliphatic carbocycles. The minimum Gasteiger partial charge on any atom is -0.349 e. The molecular weight excluding hydrogens is 380 g/mol. The smallest absolute Gasteiger partial charge is 0.148 e. The third kappa shape index (κ3) is 3.09. The van der Waals surface area contributed by atoms with E-state index in [9.17, 15) is 0 Å². The van der Waals surface area contributed by atoms with Crippen molar-refractivity contribution < 1.29 is 0 Å². The van der Waals surface area contributed by atoms with E-state index in [0.29, 0.717) is 11.8 Å². The Labute approximate surface area is 188 Å². The first kappa shape index (κ1) is 21.9. The second kappa shape index (κ2) is 7.96. The van der Waals surface area contributed by atoms with Crippen LogP contribution < -0.4 is 0 Å². The lowest BCUT2D eigenvalue weighted by Gasteiger charge is -2.63. The number of hydrogen-bond acceptors (Lipinski definition) is 3. The molecular formula is C27H38N4. The lowest BCUT2D eigenvalue weighted by Crippen LogP contribution is -2.68. The van der Waals surface area contributed by atoms with Crippen molar-refractivity contribution in [3.63, 3.8) is 0 Å². The van der Waals surface area contributed by atoms with Crippen LogP contribution in [-0.4, -0.2) is 41.1 Å². The van der Waals surface area contributed by atoms with Crippen molar-refractivity contribution in [2.75, 3.05) is 7.05 Å². The maximum atomic E-state index is 9.14. The number of piperidine rings is 1. The summed E-state index contributed by atoms with van der Waals surface area (Å²) in [4.78, 5) is 9.36.